The monoisotopic (exact) mass is 287 g/mol. The van der Waals surface area contributed by atoms with Crippen molar-refractivity contribution in [1.29, 1.82) is 0 Å². The van der Waals surface area contributed by atoms with Crippen molar-refractivity contribution in [2.75, 3.05) is 25.3 Å². The zero-order valence-electron chi connectivity index (χ0n) is 11.9. The molecule has 6 heteroatoms. The van der Waals surface area contributed by atoms with Crippen LogP contribution < -0.4 is 20.5 Å². The number of nitrogens with zero attached hydrogens (tertiary/aromatic N) is 1. The lowest BCUT2D eigenvalue weighted by Gasteiger charge is -2.11. The molecule has 1 amide bonds. The van der Waals surface area contributed by atoms with Crippen LogP contribution in [0.1, 0.15) is 5.69 Å². The summed E-state index contributed by atoms with van der Waals surface area (Å²) < 4.78 is 10.3. The van der Waals surface area contributed by atoms with Crippen LogP contribution in [0.15, 0.2) is 36.5 Å². The number of pyridine rings is 1. The van der Waals surface area contributed by atoms with Crippen LogP contribution in [-0.2, 0) is 11.2 Å². The summed E-state index contributed by atoms with van der Waals surface area (Å²) >= 11 is 0. The number of nitrogens with two attached hydrogens (primary N) is 1. The number of ether oxygens (including phenoxy) is 2. The van der Waals surface area contributed by atoms with Crippen LogP contribution in [0, 0.1) is 0 Å². The summed E-state index contributed by atoms with van der Waals surface area (Å²) in [6.07, 6.45) is 1.69. The van der Waals surface area contributed by atoms with E-state index in [1.54, 1.807) is 37.4 Å². The third-order valence-electron chi connectivity index (χ3n) is 2.87. The van der Waals surface area contributed by atoms with Gasteiger partial charge in [0.15, 0.2) is 0 Å². The Morgan fingerprint density at radius 1 is 1.24 bits per heavy atom. The molecule has 0 saturated carbocycles. The smallest absolute Gasteiger partial charge is 0.230 e. The highest BCUT2D eigenvalue weighted by atomic mass is 16.5. The molecule has 0 bridgehead atoms. The third kappa shape index (κ3) is 3.85. The van der Waals surface area contributed by atoms with E-state index in [0.717, 1.165) is 0 Å². The molecule has 0 aliphatic heterocycles. The van der Waals surface area contributed by atoms with E-state index in [9.17, 15) is 4.79 Å². The van der Waals surface area contributed by atoms with Gasteiger partial charge in [0.05, 0.1) is 38.2 Å². The van der Waals surface area contributed by atoms with Crippen molar-refractivity contribution in [2.24, 2.45) is 0 Å². The maximum absolute atomic E-state index is 12.0. The van der Waals surface area contributed by atoms with E-state index in [-0.39, 0.29) is 12.3 Å². The molecule has 0 radical (unpaired) electrons. The Morgan fingerprint density at radius 2 is 2.05 bits per heavy atom. The van der Waals surface area contributed by atoms with Crippen LogP contribution in [0.25, 0.3) is 0 Å². The van der Waals surface area contributed by atoms with Gasteiger partial charge in [-0.3, -0.25) is 9.78 Å². The first-order valence-corrected chi connectivity index (χ1v) is 6.34. The van der Waals surface area contributed by atoms with Gasteiger partial charge in [0.25, 0.3) is 0 Å². The topological polar surface area (TPSA) is 86.5 Å². The van der Waals surface area contributed by atoms with E-state index in [4.69, 9.17) is 15.2 Å². The van der Waals surface area contributed by atoms with E-state index in [1.165, 1.54) is 13.3 Å². The highest BCUT2D eigenvalue weighted by Gasteiger charge is 2.10. The number of amides is 1. The standard InChI is InChI=1S/C15H17N3O3/c1-20-12-5-6-13(14(8-12)21-2)18-15(19)7-11-4-3-10(16)9-17-11/h3-6,8-9H,7,16H2,1-2H3,(H,18,19). The Hall–Kier alpha value is -2.76. The number of benzene rings is 1. The summed E-state index contributed by atoms with van der Waals surface area (Å²) in [6.45, 7) is 0. The van der Waals surface area contributed by atoms with Crippen LogP contribution in [-0.4, -0.2) is 25.1 Å². The van der Waals surface area contributed by atoms with Crippen LogP contribution in [0.2, 0.25) is 0 Å². The van der Waals surface area contributed by atoms with Gasteiger partial charge in [0, 0.05) is 11.8 Å². The van der Waals surface area contributed by atoms with E-state index >= 15 is 0 Å². The van der Waals surface area contributed by atoms with E-state index in [2.05, 4.69) is 10.3 Å². The number of aromatic nitrogens is 1. The van der Waals surface area contributed by atoms with Gasteiger partial charge in [0.2, 0.25) is 5.91 Å². The van der Waals surface area contributed by atoms with Crippen molar-refractivity contribution in [3.05, 3.63) is 42.2 Å². The number of carbonyl (C=O) groups excluding carboxylic acids is 1. The van der Waals surface area contributed by atoms with Crippen molar-refractivity contribution in [3.63, 3.8) is 0 Å². The lowest BCUT2D eigenvalue weighted by atomic mass is 10.2. The Balaban J connectivity index is 2.07. The van der Waals surface area contributed by atoms with Crippen molar-refractivity contribution in [1.82, 2.24) is 4.98 Å². The van der Waals surface area contributed by atoms with Crippen LogP contribution in [0.5, 0.6) is 11.5 Å². The quantitative estimate of drug-likeness (QED) is 0.876. The first-order valence-electron chi connectivity index (χ1n) is 6.34. The van der Waals surface area contributed by atoms with E-state index in [0.29, 0.717) is 28.6 Å². The van der Waals surface area contributed by atoms with Gasteiger partial charge >= 0.3 is 0 Å². The number of methoxy groups -OCH3 is 2. The molecule has 2 rings (SSSR count). The lowest BCUT2D eigenvalue weighted by Crippen LogP contribution is -2.15. The van der Waals surface area contributed by atoms with Gasteiger partial charge < -0.3 is 20.5 Å². The predicted octanol–water partition coefficient (Wildman–Crippen LogP) is 1.86. The third-order valence-corrected chi connectivity index (χ3v) is 2.87. The van der Waals surface area contributed by atoms with Crippen molar-refractivity contribution in [2.45, 2.75) is 6.42 Å². The van der Waals surface area contributed by atoms with Gasteiger partial charge in [-0.1, -0.05) is 0 Å². The number of rotatable bonds is 5. The average molecular weight is 287 g/mol. The minimum atomic E-state index is -0.185. The second-order valence-corrected chi connectivity index (χ2v) is 4.37. The summed E-state index contributed by atoms with van der Waals surface area (Å²) in [5.41, 5.74) is 7.35. The first kappa shape index (κ1) is 14.6. The first-order chi connectivity index (χ1) is 10.1. The molecule has 0 unspecified atom stereocenters. The number of hydrogen-bond donors (Lipinski definition) is 2. The Kier molecular flexibility index (Phi) is 4.61. The Labute approximate surface area is 122 Å². The second-order valence-electron chi connectivity index (χ2n) is 4.37. The molecule has 0 aliphatic rings. The highest BCUT2D eigenvalue weighted by Crippen LogP contribution is 2.29. The number of nitrogens with one attached hydrogen (secondary N) is 1. The summed E-state index contributed by atoms with van der Waals surface area (Å²) in [5.74, 6) is 1.01. The average Bonchev–Trinajstić information content (AvgIpc) is 2.50. The molecule has 6 nitrogen and oxygen atoms in total. The van der Waals surface area contributed by atoms with Crippen LogP contribution in [0.4, 0.5) is 11.4 Å². The summed E-state index contributed by atoms with van der Waals surface area (Å²) in [6, 6.07) is 8.62. The molecule has 1 aromatic carbocycles. The van der Waals surface area contributed by atoms with E-state index < -0.39 is 0 Å². The van der Waals surface area contributed by atoms with E-state index in [1.807, 2.05) is 0 Å². The largest absolute Gasteiger partial charge is 0.497 e. The second kappa shape index (κ2) is 6.60. The molecule has 1 heterocycles. The maximum Gasteiger partial charge on any atom is 0.230 e. The molecule has 0 saturated heterocycles. The minimum Gasteiger partial charge on any atom is -0.497 e. The molecule has 21 heavy (non-hydrogen) atoms. The number of anilines is 2. The number of carbonyl (C=O) groups is 1. The van der Waals surface area contributed by atoms with Crippen molar-refractivity contribution >= 4 is 17.3 Å². The fourth-order valence-corrected chi connectivity index (χ4v) is 1.80. The summed E-state index contributed by atoms with van der Waals surface area (Å²) in [5, 5.41) is 2.79. The minimum absolute atomic E-state index is 0.162. The van der Waals surface area contributed by atoms with Gasteiger partial charge in [-0.25, -0.2) is 0 Å². The number of nitrogen functional groups attached to an aromatic ring is 1. The summed E-state index contributed by atoms with van der Waals surface area (Å²) in [7, 11) is 3.10. The summed E-state index contributed by atoms with van der Waals surface area (Å²) in [4.78, 5) is 16.1. The molecule has 0 aliphatic carbocycles. The van der Waals surface area contributed by atoms with Crippen LogP contribution >= 0.6 is 0 Å². The molecule has 110 valence electrons. The van der Waals surface area contributed by atoms with Crippen molar-refractivity contribution < 1.29 is 14.3 Å². The molecule has 3 N–H and O–H groups in total. The fourth-order valence-electron chi connectivity index (χ4n) is 1.80. The zero-order chi connectivity index (χ0) is 15.2. The number of hydrogen-bond acceptors (Lipinski definition) is 5. The SMILES string of the molecule is COc1ccc(NC(=O)Cc2ccc(N)cn2)c(OC)c1. The molecule has 0 spiro atoms. The van der Waals surface area contributed by atoms with Gasteiger partial charge in [0.1, 0.15) is 11.5 Å². The van der Waals surface area contributed by atoms with Gasteiger partial charge in [-0.05, 0) is 24.3 Å². The lowest BCUT2D eigenvalue weighted by molar-refractivity contribution is -0.115. The molecule has 2 aromatic rings. The fraction of sp³-hybridized carbons (Fsp3) is 0.200. The zero-order valence-corrected chi connectivity index (χ0v) is 11.9. The maximum atomic E-state index is 12.0. The predicted molar refractivity (Wildman–Crippen MR) is 80.5 cm³/mol. The molecular weight excluding hydrogens is 270 g/mol. The molecular formula is C15H17N3O3. The van der Waals surface area contributed by atoms with Gasteiger partial charge in [-0.15, -0.1) is 0 Å². The Bertz CT molecular complexity index is 627. The molecule has 0 atom stereocenters. The molecule has 1 aromatic heterocycles. The highest BCUT2D eigenvalue weighted by molar-refractivity contribution is 5.93. The molecule has 0 fully saturated rings. The van der Waals surface area contributed by atoms with Crippen molar-refractivity contribution in [3.8, 4) is 11.5 Å². The Morgan fingerprint density at radius 3 is 2.67 bits per heavy atom. The van der Waals surface area contributed by atoms with Gasteiger partial charge in [-0.2, -0.15) is 0 Å². The normalized spacial score (nSPS) is 10.0. The van der Waals surface area contributed by atoms with Crippen LogP contribution in [0.3, 0.4) is 0 Å².